The third-order valence-electron chi connectivity index (χ3n) is 1.83. The quantitative estimate of drug-likeness (QED) is 0.756. The maximum absolute atomic E-state index is 10.8. The smallest absolute Gasteiger partial charge is 0.157 e. The Balaban J connectivity index is 2.45. The average molecular weight is 232 g/mol. The number of hydrogen-bond donors (Lipinski definition) is 0. The molecule has 6 heteroatoms. The molecule has 1 aromatic rings. The summed E-state index contributed by atoms with van der Waals surface area (Å²) < 4.78 is 28.7. The molecule has 0 radical (unpaired) electrons. The zero-order valence-corrected chi connectivity index (χ0v) is 9.99. The average Bonchev–Trinajstić information content (AvgIpc) is 2.50. The van der Waals surface area contributed by atoms with Gasteiger partial charge in [-0.3, -0.25) is 4.68 Å². The second-order valence-electron chi connectivity index (χ2n) is 3.73. The summed E-state index contributed by atoms with van der Waals surface area (Å²) in [6.45, 7) is 4.18. The maximum Gasteiger partial charge on any atom is 0.157 e. The van der Waals surface area contributed by atoms with Crippen LogP contribution in [0.2, 0.25) is 0 Å². The second kappa shape index (κ2) is 4.65. The van der Waals surface area contributed by atoms with E-state index in [-0.39, 0.29) is 18.4 Å². The van der Waals surface area contributed by atoms with Gasteiger partial charge in [-0.25, -0.2) is 8.42 Å². The minimum absolute atomic E-state index is 0.0276. The van der Waals surface area contributed by atoms with E-state index in [9.17, 15) is 8.42 Å². The van der Waals surface area contributed by atoms with Gasteiger partial charge in [-0.2, -0.15) is 5.10 Å². The highest BCUT2D eigenvalue weighted by atomic mass is 32.2. The van der Waals surface area contributed by atoms with Gasteiger partial charge in [-0.15, -0.1) is 0 Å². The van der Waals surface area contributed by atoms with E-state index in [0.717, 1.165) is 0 Å². The molecule has 0 fully saturated rings. The number of nitrogens with zero attached hydrogens (tertiary/aromatic N) is 2. The molecule has 0 amide bonds. The number of hydrogen-bond acceptors (Lipinski definition) is 4. The van der Waals surface area contributed by atoms with E-state index in [0.29, 0.717) is 5.75 Å². The van der Waals surface area contributed by atoms with E-state index >= 15 is 0 Å². The highest BCUT2D eigenvalue weighted by Crippen LogP contribution is 2.12. The van der Waals surface area contributed by atoms with Crippen molar-refractivity contribution in [1.29, 1.82) is 0 Å². The number of rotatable bonds is 5. The summed E-state index contributed by atoms with van der Waals surface area (Å²) in [7, 11) is -2.96. The molecule has 0 spiro atoms. The van der Waals surface area contributed by atoms with Crippen LogP contribution in [0.1, 0.15) is 19.9 Å². The molecule has 1 aromatic heterocycles. The van der Waals surface area contributed by atoms with Gasteiger partial charge in [-0.05, 0) is 13.8 Å². The van der Waals surface area contributed by atoms with Gasteiger partial charge >= 0.3 is 0 Å². The first-order valence-electron chi connectivity index (χ1n) is 4.73. The Kier molecular flexibility index (Phi) is 3.73. The number of ether oxygens (including phenoxy) is 1. The molecule has 0 saturated heterocycles. The van der Waals surface area contributed by atoms with Crippen LogP contribution >= 0.6 is 0 Å². The van der Waals surface area contributed by atoms with E-state index in [1.54, 1.807) is 17.1 Å². The summed E-state index contributed by atoms with van der Waals surface area (Å²) in [6, 6.07) is 0.275. The van der Waals surface area contributed by atoms with E-state index in [2.05, 4.69) is 5.10 Å². The van der Waals surface area contributed by atoms with Gasteiger partial charge < -0.3 is 4.74 Å². The predicted octanol–water partition coefficient (Wildman–Crippen LogP) is 0.887. The lowest BCUT2D eigenvalue weighted by Crippen LogP contribution is -2.11. The standard InChI is InChI=1S/C9H16N2O3S/c1-8(2)11-7-9(6-10-11)14-4-5-15(3,12)13/h6-8H,4-5H2,1-3H3. The highest BCUT2D eigenvalue weighted by Gasteiger charge is 2.05. The molecule has 0 unspecified atom stereocenters. The topological polar surface area (TPSA) is 61.2 Å². The van der Waals surface area contributed by atoms with Crippen LogP contribution in [-0.2, 0) is 9.84 Å². The van der Waals surface area contributed by atoms with Gasteiger partial charge in [0.05, 0.1) is 18.1 Å². The zero-order chi connectivity index (χ0) is 11.5. The van der Waals surface area contributed by atoms with Crippen molar-refractivity contribution in [3.63, 3.8) is 0 Å². The van der Waals surface area contributed by atoms with Crippen molar-refractivity contribution in [1.82, 2.24) is 9.78 Å². The molecule has 86 valence electrons. The third-order valence-corrected chi connectivity index (χ3v) is 2.74. The Morgan fingerprint density at radius 2 is 2.20 bits per heavy atom. The molecular formula is C9H16N2O3S. The lowest BCUT2D eigenvalue weighted by Gasteiger charge is -2.03. The Hall–Kier alpha value is -1.04. The van der Waals surface area contributed by atoms with Gasteiger partial charge in [0.2, 0.25) is 0 Å². The molecule has 0 N–H and O–H groups in total. The first-order valence-corrected chi connectivity index (χ1v) is 6.79. The predicted molar refractivity (Wildman–Crippen MR) is 57.8 cm³/mol. The van der Waals surface area contributed by atoms with Crippen LogP contribution < -0.4 is 4.74 Å². The van der Waals surface area contributed by atoms with Gasteiger partial charge in [-0.1, -0.05) is 0 Å². The molecule has 5 nitrogen and oxygen atoms in total. The normalized spacial score (nSPS) is 12.0. The molecule has 0 bridgehead atoms. The SMILES string of the molecule is CC(C)n1cc(OCCS(C)(=O)=O)cn1. The highest BCUT2D eigenvalue weighted by molar-refractivity contribution is 7.90. The van der Waals surface area contributed by atoms with Crippen LogP contribution in [0.25, 0.3) is 0 Å². The Labute approximate surface area is 90.0 Å². The minimum Gasteiger partial charge on any atom is -0.489 e. The largest absolute Gasteiger partial charge is 0.489 e. The summed E-state index contributed by atoms with van der Waals surface area (Å²) in [5, 5.41) is 4.07. The van der Waals surface area contributed by atoms with Gasteiger partial charge in [0, 0.05) is 12.3 Å². The molecule has 0 saturated carbocycles. The molecule has 1 heterocycles. The van der Waals surface area contributed by atoms with Crippen LogP contribution in [-0.4, -0.2) is 36.8 Å². The van der Waals surface area contributed by atoms with Crippen molar-refractivity contribution in [2.75, 3.05) is 18.6 Å². The number of aromatic nitrogens is 2. The molecule has 1 rings (SSSR count). The molecule has 0 aliphatic rings. The summed E-state index contributed by atoms with van der Waals surface area (Å²) in [5.74, 6) is 0.632. The molecule has 0 aromatic carbocycles. The van der Waals surface area contributed by atoms with Crippen LogP contribution in [0.15, 0.2) is 12.4 Å². The van der Waals surface area contributed by atoms with Crippen LogP contribution in [0, 0.1) is 0 Å². The summed E-state index contributed by atoms with van der Waals surface area (Å²) in [5.41, 5.74) is 0. The Bertz CT molecular complexity index is 409. The fraction of sp³-hybridized carbons (Fsp3) is 0.667. The fourth-order valence-electron chi connectivity index (χ4n) is 0.988. The van der Waals surface area contributed by atoms with Gasteiger partial charge in [0.15, 0.2) is 15.6 Å². The summed E-state index contributed by atoms with van der Waals surface area (Å²) in [6.07, 6.45) is 4.53. The van der Waals surface area contributed by atoms with E-state index in [1.807, 2.05) is 13.8 Å². The Morgan fingerprint density at radius 1 is 1.53 bits per heavy atom. The van der Waals surface area contributed by atoms with Crippen molar-refractivity contribution in [2.45, 2.75) is 19.9 Å². The zero-order valence-electron chi connectivity index (χ0n) is 9.17. The van der Waals surface area contributed by atoms with E-state index in [4.69, 9.17) is 4.74 Å². The monoisotopic (exact) mass is 232 g/mol. The lowest BCUT2D eigenvalue weighted by atomic mass is 10.4. The van der Waals surface area contributed by atoms with Crippen LogP contribution in [0.3, 0.4) is 0 Å². The molecule has 15 heavy (non-hydrogen) atoms. The van der Waals surface area contributed by atoms with E-state index in [1.165, 1.54) is 6.26 Å². The summed E-state index contributed by atoms with van der Waals surface area (Å²) in [4.78, 5) is 0. The second-order valence-corrected chi connectivity index (χ2v) is 5.99. The fourth-order valence-corrected chi connectivity index (χ4v) is 1.37. The first kappa shape index (κ1) is 12.0. The van der Waals surface area contributed by atoms with Crippen molar-refractivity contribution >= 4 is 9.84 Å². The van der Waals surface area contributed by atoms with Crippen molar-refractivity contribution < 1.29 is 13.2 Å². The summed E-state index contributed by atoms with van der Waals surface area (Å²) >= 11 is 0. The van der Waals surface area contributed by atoms with E-state index < -0.39 is 9.84 Å². The van der Waals surface area contributed by atoms with Crippen LogP contribution in [0.5, 0.6) is 5.75 Å². The Morgan fingerprint density at radius 3 is 2.67 bits per heavy atom. The minimum atomic E-state index is -2.96. The maximum atomic E-state index is 10.8. The van der Waals surface area contributed by atoms with Gasteiger partial charge in [0.1, 0.15) is 6.61 Å². The molecular weight excluding hydrogens is 216 g/mol. The number of sulfone groups is 1. The lowest BCUT2D eigenvalue weighted by molar-refractivity contribution is 0.340. The van der Waals surface area contributed by atoms with Crippen molar-refractivity contribution in [3.8, 4) is 5.75 Å². The van der Waals surface area contributed by atoms with Crippen molar-refractivity contribution in [2.24, 2.45) is 0 Å². The van der Waals surface area contributed by atoms with Crippen LogP contribution in [0.4, 0.5) is 0 Å². The third kappa shape index (κ3) is 4.33. The van der Waals surface area contributed by atoms with Crippen molar-refractivity contribution in [3.05, 3.63) is 12.4 Å². The molecule has 0 aliphatic carbocycles. The molecule has 0 aliphatic heterocycles. The molecule has 0 atom stereocenters. The first-order chi connectivity index (χ1) is 6.88. The van der Waals surface area contributed by atoms with Gasteiger partial charge in [0.25, 0.3) is 0 Å².